The molecule has 202 valence electrons. The highest BCUT2D eigenvalue weighted by Crippen LogP contribution is 2.41. The van der Waals surface area contributed by atoms with Crippen molar-refractivity contribution in [1.82, 2.24) is 24.5 Å². The van der Waals surface area contributed by atoms with Gasteiger partial charge in [-0.25, -0.2) is 4.79 Å². The first-order chi connectivity index (χ1) is 18.4. The first kappa shape index (κ1) is 27.3. The summed E-state index contributed by atoms with van der Waals surface area (Å²) in [7, 11) is 0. The summed E-state index contributed by atoms with van der Waals surface area (Å²) in [6, 6.07) is 9.44. The highest BCUT2D eigenvalue weighted by atomic mass is 16.5. The molecule has 3 aromatic rings. The van der Waals surface area contributed by atoms with Crippen LogP contribution in [-0.2, 0) is 22.6 Å². The predicted octanol–water partition coefficient (Wildman–Crippen LogP) is 4.91. The van der Waals surface area contributed by atoms with Crippen molar-refractivity contribution < 1.29 is 14.3 Å². The lowest BCUT2D eigenvalue weighted by atomic mass is 9.83. The normalized spacial score (nSPS) is 14.8. The van der Waals surface area contributed by atoms with E-state index in [1.54, 1.807) is 25.3 Å². The summed E-state index contributed by atoms with van der Waals surface area (Å²) in [6.45, 7) is 8.68. The van der Waals surface area contributed by atoms with E-state index in [0.717, 1.165) is 18.5 Å². The molecule has 0 aliphatic carbocycles. The number of nitrogens with zero attached hydrogens (tertiary/aromatic N) is 5. The van der Waals surface area contributed by atoms with Crippen LogP contribution in [0.4, 0.5) is 0 Å². The first-order valence-corrected chi connectivity index (χ1v) is 13.6. The zero-order valence-corrected chi connectivity index (χ0v) is 22.8. The number of hydrogen-bond acceptors (Lipinski definition) is 7. The van der Waals surface area contributed by atoms with Crippen LogP contribution >= 0.6 is 0 Å². The van der Waals surface area contributed by atoms with Crippen molar-refractivity contribution in [3.8, 4) is 5.88 Å². The fourth-order valence-electron chi connectivity index (χ4n) is 4.90. The lowest BCUT2D eigenvalue weighted by Crippen LogP contribution is -2.34. The molecule has 1 aromatic carbocycles. The molecule has 0 fully saturated rings. The SMILES string of the molecule is CCCCCCCCn1cc(Cn2c(C)nc3c(c2=O)C(c2ccccc2)C(C(=O)OCC)=C(C)O3)nn1. The monoisotopic (exact) mass is 519 g/mol. The maximum Gasteiger partial charge on any atom is 0.338 e. The molecule has 0 saturated heterocycles. The van der Waals surface area contributed by atoms with E-state index < -0.39 is 11.9 Å². The summed E-state index contributed by atoms with van der Waals surface area (Å²) in [5, 5.41) is 8.56. The number of ether oxygens (including phenoxy) is 2. The van der Waals surface area contributed by atoms with Crippen molar-refractivity contribution in [3.63, 3.8) is 0 Å². The maximum absolute atomic E-state index is 14.0. The Morgan fingerprint density at radius 3 is 2.53 bits per heavy atom. The Labute approximate surface area is 223 Å². The summed E-state index contributed by atoms with van der Waals surface area (Å²) in [4.78, 5) is 31.6. The van der Waals surface area contributed by atoms with Gasteiger partial charge in [0.1, 0.15) is 17.3 Å². The Morgan fingerprint density at radius 1 is 1.05 bits per heavy atom. The number of aromatic nitrogens is 5. The predicted molar refractivity (Wildman–Crippen MR) is 144 cm³/mol. The van der Waals surface area contributed by atoms with Crippen LogP contribution in [0.15, 0.2) is 52.7 Å². The molecule has 38 heavy (non-hydrogen) atoms. The zero-order chi connectivity index (χ0) is 27.1. The molecule has 9 nitrogen and oxygen atoms in total. The summed E-state index contributed by atoms with van der Waals surface area (Å²) < 4.78 is 14.7. The Hall–Kier alpha value is -3.75. The first-order valence-electron chi connectivity index (χ1n) is 13.6. The van der Waals surface area contributed by atoms with Gasteiger partial charge in [0.05, 0.1) is 36.4 Å². The average molecular weight is 520 g/mol. The Balaban J connectivity index is 1.63. The fraction of sp³-hybridized carbons (Fsp3) is 0.483. The van der Waals surface area contributed by atoms with E-state index in [9.17, 15) is 9.59 Å². The highest BCUT2D eigenvalue weighted by Gasteiger charge is 2.38. The summed E-state index contributed by atoms with van der Waals surface area (Å²) in [5.41, 5.74) is 1.81. The standard InChI is InChI=1S/C29H37N5O4/c1-5-7-8-9-10-14-17-33-18-23(31-32-33)19-34-21(4)30-27-26(28(34)35)25(22-15-12-11-13-16-22)24(20(3)38-27)29(36)37-6-2/h11-13,15-16,18,25H,5-10,14,17,19H2,1-4H3. The van der Waals surface area contributed by atoms with Crippen molar-refractivity contribution in [3.05, 3.63) is 80.9 Å². The molecule has 1 aliphatic rings. The number of benzene rings is 1. The van der Waals surface area contributed by atoms with E-state index in [1.807, 2.05) is 41.2 Å². The van der Waals surface area contributed by atoms with E-state index in [-0.39, 0.29) is 24.6 Å². The minimum atomic E-state index is -0.658. The van der Waals surface area contributed by atoms with E-state index in [4.69, 9.17) is 9.47 Å². The quantitative estimate of drug-likeness (QED) is 0.247. The molecule has 0 amide bonds. The number of fused-ring (bicyclic) bond motifs is 1. The van der Waals surface area contributed by atoms with Gasteiger partial charge in [0.2, 0.25) is 5.88 Å². The van der Waals surface area contributed by atoms with Crippen molar-refractivity contribution in [1.29, 1.82) is 0 Å². The minimum Gasteiger partial charge on any atom is -0.463 e. The number of esters is 1. The third kappa shape index (κ3) is 6.03. The van der Waals surface area contributed by atoms with Crippen LogP contribution in [0.2, 0.25) is 0 Å². The van der Waals surface area contributed by atoms with Crippen molar-refractivity contribution in [2.24, 2.45) is 0 Å². The van der Waals surface area contributed by atoms with Gasteiger partial charge in [-0.15, -0.1) is 5.10 Å². The van der Waals surface area contributed by atoms with Crippen molar-refractivity contribution in [2.75, 3.05) is 6.61 Å². The molecule has 1 aliphatic heterocycles. The Kier molecular flexibility index (Phi) is 9.10. The van der Waals surface area contributed by atoms with Gasteiger partial charge in [-0.2, -0.15) is 4.98 Å². The molecule has 0 N–H and O–H groups in total. The number of unbranched alkanes of at least 4 members (excludes halogenated alkanes) is 5. The van der Waals surface area contributed by atoms with Gasteiger partial charge in [-0.3, -0.25) is 14.0 Å². The number of carbonyl (C=O) groups excluding carboxylic acids is 1. The molecule has 1 unspecified atom stereocenters. The van der Waals surface area contributed by atoms with Gasteiger partial charge in [0.25, 0.3) is 5.56 Å². The molecule has 2 aromatic heterocycles. The summed E-state index contributed by atoms with van der Waals surface area (Å²) in [6.07, 6.45) is 9.12. The molecule has 0 radical (unpaired) electrons. The van der Waals surface area contributed by atoms with Gasteiger partial charge in [-0.05, 0) is 32.8 Å². The van der Waals surface area contributed by atoms with E-state index in [2.05, 4.69) is 22.2 Å². The van der Waals surface area contributed by atoms with Crippen LogP contribution in [0.5, 0.6) is 5.88 Å². The largest absolute Gasteiger partial charge is 0.463 e. The van der Waals surface area contributed by atoms with Crippen LogP contribution in [0, 0.1) is 6.92 Å². The number of aryl methyl sites for hydroxylation is 2. The van der Waals surface area contributed by atoms with E-state index >= 15 is 0 Å². The molecular weight excluding hydrogens is 482 g/mol. The van der Waals surface area contributed by atoms with Gasteiger partial charge < -0.3 is 9.47 Å². The van der Waals surface area contributed by atoms with E-state index in [1.165, 1.54) is 32.1 Å². The topological polar surface area (TPSA) is 101 Å². The fourth-order valence-corrected chi connectivity index (χ4v) is 4.90. The number of carbonyl (C=O) groups is 1. The van der Waals surface area contributed by atoms with Crippen LogP contribution in [-0.4, -0.2) is 37.1 Å². The number of hydrogen-bond donors (Lipinski definition) is 0. The third-order valence-electron chi connectivity index (χ3n) is 6.84. The van der Waals surface area contributed by atoms with Gasteiger partial charge in [-0.1, -0.05) is 74.6 Å². The molecule has 0 saturated carbocycles. The highest BCUT2D eigenvalue weighted by molar-refractivity contribution is 5.92. The second-order valence-electron chi connectivity index (χ2n) is 9.65. The molecule has 9 heteroatoms. The van der Waals surface area contributed by atoms with Crippen molar-refractivity contribution in [2.45, 2.75) is 85.2 Å². The summed E-state index contributed by atoms with van der Waals surface area (Å²) in [5.74, 6) is -0.0669. The van der Waals surface area contributed by atoms with E-state index in [0.29, 0.717) is 28.4 Å². The molecule has 1 atom stereocenters. The average Bonchev–Trinajstić information content (AvgIpc) is 3.35. The zero-order valence-electron chi connectivity index (χ0n) is 22.8. The van der Waals surface area contributed by atoms with Gasteiger partial charge in [0.15, 0.2) is 0 Å². The van der Waals surface area contributed by atoms with Gasteiger partial charge in [0, 0.05) is 6.54 Å². The smallest absolute Gasteiger partial charge is 0.338 e. The molecule has 3 heterocycles. The minimum absolute atomic E-state index is 0.217. The molecular formula is C29H37N5O4. The molecule has 0 spiro atoms. The summed E-state index contributed by atoms with van der Waals surface area (Å²) >= 11 is 0. The van der Waals surface area contributed by atoms with Crippen molar-refractivity contribution >= 4 is 5.97 Å². The lowest BCUT2D eigenvalue weighted by Gasteiger charge is -2.28. The molecule has 0 bridgehead atoms. The molecule has 4 rings (SSSR count). The van der Waals surface area contributed by atoms with Crippen LogP contribution in [0.25, 0.3) is 0 Å². The third-order valence-corrected chi connectivity index (χ3v) is 6.84. The second kappa shape index (κ2) is 12.7. The number of rotatable bonds is 12. The second-order valence-corrected chi connectivity index (χ2v) is 9.65. The lowest BCUT2D eigenvalue weighted by molar-refractivity contribution is -0.139. The van der Waals surface area contributed by atoms with Crippen LogP contribution in [0.3, 0.4) is 0 Å². The van der Waals surface area contributed by atoms with Crippen LogP contribution < -0.4 is 10.3 Å². The Bertz CT molecular complexity index is 1340. The Morgan fingerprint density at radius 2 is 1.79 bits per heavy atom. The number of allylic oxidation sites excluding steroid dienone is 1. The maximum atomic E-state index is 14.0. The van der Waals surface area contributed by atoms with Gasteiger partial charge >= 0.3 is 5.97 Å². The van der Waals surface area contributed by atoms with Crippen LogP contribution in [0.1, 0.15) is 87.9 Å².